The molecule has 1 aromatic heterocycles. The molecule has 1 N–H and O–H groups in total. The maximum Gasteiger partial charge on any atom is 0.301 e. The number of nitrogens with zero attached hydrogens (tertiary/aromatic N) is 3. The van der Waals surface area contributed by atoms with Crippen LogP contribution in [0.15, 0.2) is 82.7 Å². The Morgan fingerprint density at radius 3 is 2.30 bits per heavy atom. The van der Waals surface area contributed by atoms with Gasteiger partial charge in [-0.25, -0.2) is 4.39 Å². The highest BCUT2D eigenvalue weighted by Crippen LogP contribution is 2.44. The van der Waals surface area contributed by atoms with Crippen LogP contribution in [0.4, 0.5) is 9.52 Å². The summed E-state index contributed by atoms with van der Waals surface area (Å²) in [5, 5.41) is 19.8. The second kappa shape index (κ2) is 10.3. The fourth-order valence-corrected chi connectivity index (χ4v) is 5.93. The van der Waals surface area contributed by atoms with E-state index in [4.69, 9.17) is 0 Å². The van der Waals surface area contributed by atoms with Crippen molar-refractivity contribution in [1.82, 2.24) is 10.2 Å². The third kappa shape index (κ3) is 4.92. The zero-order valence-electron chi connectivity index (χ0n) is 20.0. The second-order valence-corrected chi connectivity index (χ2v) is 10.9. The minimum atomic E-state index is -0.876. The number of aromatic nitrogens is 2. The summed E-state index contributed by atoms with van der Waals surface area (Å²) in [6, 6.07) is 20.1. The van der Waals surface area contributed by atoms with Crippen LogP contribution in [-0.4, -0.2) is 27.0 Å². The molecule has 6 nitrogen and oxygen atoms in total. The normalized spacial score (nSPS) is 16.9. The van der Waals surface area contributed by atoms with Gasteiger partial charge >= 0.3 is 5.91 Å². The molecule has 0 saturated carbocycles. The van der Waals surface area contributed by atoms with Gasteiger partial charge in [0.05, 0.1) is 11.6 Å². The molecular weight excluding hydrogens is 509 g/mol. The van der Waals surface area contributed by atoms with E-state index in [0.29, 0.717) is 26.8 Å². The predicted octanol–water partition coefficient (Wildman–Crippen LogP) is 6.21. The zero-order valence-corrected chi connectivity index (χ0v) is 21.6. The van der Waals surface area contributed by atoms with Crippen LogP contribution >= 0.6 is 23.1 Å². The smallest absolute Gasteiger partial charge is 0.301 e. The first-order chi connectivity index (χ1) is 17.8. The maximum absolute atomic E-state index is 14.0. The SMILES string of the molecule is Cc1ccc(/C(O)=C2/C(=O)C(=O)N(c3nnc(SCc4ccccc4F)s3)C2c2ccc(C)cc2)cc1. The lowest BCUT2D eigenvalue weighted by molar-refractivity contribution is -0.132. The van der Waals surface area contributed by atoms with Gasteiger partial charge in [-0.05, 0) is 31.0 Å². The Morgan fingerprint density at radius 2 is 1.62 bits per heavy atom. The molecule has 1 aliphatic heterocycles. The third-order valence-electron chi connectivity index (χ3n) is 6.07. The number of aliphatic hydroxyl groups excluding tert-OH is 1. The molecule has 0 radical (unpaired) electrons. The summed E-state index contributed by atoms with van der Waals surface area (Å²) in [7, 11) is 0. The van der Waals surface area contributed by atoms with E-state index in [9.17, 15) is 19.1 Å². The van der Waals surface area contributed by atoms with Crippen LogP contribution in [0.2, 0.25) is 0 Å². The lowest BCUT2D eigenvalue weighted by atomic mass is 9.94. The Labute approximate surface area is 221 Å². The molecule has 4 aromatic rings. The first-order valence-corrected chi connectivity index (χ1v) is 13.3. The van der Waals surface area contributed by atoms with Crippen LogP contribution in [0, 0.1) is 19.7 Å². The summed E-state index contributed by atoms with van der Waals surface area (Å²) in [5.41, 5.74) is 3.65. The molecule has 37 heavy (non-hydrogen) atoms. The van der Waals surface area contributed by atoms with Gasteiger partial charge in [0.15, 0.2) is 4.34 Å². The lowest BCUT2D eigenvalue weighted by Gasteiger charge is -2.22. The standard InChI is InChI=1S/C28H22FN3O3S2/c1-16-7-11-18(12-8-16)23-22(24(33)19-13-9-17(2)10-14-19)25(34)26(35)32(23)27-30-31-28(37-27)36-15-20-5-3-4-6-21(20)29/h3-14,23,33H,15H2,1-2H3/b24-22-. The van der Waals surface area contributed by atoms with Crippen molar-refractivity contribution in [2.45, 2.75) is 30.0 Å². The lowest BCUT2D eigenvalue weighted by Crippen LogP contribution is -2.29. The molecule has 1 unspecified atom stereocenters. The second-order valence-electron chi connectivity index (χ2n) is 8.68. The monoisotopic (exact) mass is 531 g/mol. The number of amides is 1. The number of aliphatic hydroxyl groups is 1. The number of hydrogen-bond donors (Lipinski definition) is 1. The van der Waals surface area contributed by atoms with E-state index < -0.39 is 17.7 Å². The van der Waals surface area contributed by atoms with Crippen molar-refractivity contribution in [2.24, 2.45) is 0 Å². The Bertz CT molecular complexity index is 1510. The van der Waals surface area contributed by atoms with Gasteiger partial charge in [-0.1, -0.05) is 101 Å². The van der Waals surface area contributed by atoms with Crippen LogP contribution < -0.4 is 4.90 Å². The highest BCUT2D eigenvalue weighted by molar-refractivity contribution is 8.00. The van der Waals surface area contributed by atoms with Crippen LogP contribution in [-0.2, 0) is 15.3 Å². The molecule has 0 spiro atoms. The number of thioether (sulfide) groups is 1. The van der Waals surface area contributed by atoms with Crippen LogP contribution in [0.3, 0.4) is 0 Å². The number of aryl methyl sites for hydroxylation is 2. The van der Waals surface area contributed by atoms with Gasteiger partial charge in [-0.3, -0.25) is 14.5 Å². The Hall–Kier alpha value is -3.82. The maximum atomic E-state index is 14.0. The van der Waals surface area contributed by atoms with Crippen molar-refractivity contribution in [3.05, 3.63) is 112 Å². The van der Waals surface area contributed by atoms with Crippen LogP contribution in [0.5, 0.6) is 0 Å². The predicted molar refractivity (Wildman–Crippen MR) is 143 cm³/mol. The van der Waals surface area contributed by atoms with Crippen molar-refractivity contribution in [3.63, 3.8) is 0 Å². The summed E-state index contributed by atoms with van der Waals surface area (Å²) in [4.78, 5) is 27.9. The molecule has 0 aliphatic carbocycles. The molecule has 1 fully saturated rings. The molecule has 1 amide bonds. The fraction of sp³-hybridized carbons (Fsp3) is 0.143. The summed E-state index contributed by atoms with van der Waals surface area (Å²) in [5.74, 6) is -1.79. The number of halogens is 1. The number of Topliss-reactive ketones (excluding diaryl/α,β-unsaturated/α-hetero) is 1. The Morgan fingerprint density at radius 1 is 0.973 bits per heavy atom. The van der Waals surface area contributed by atoms with E-state index in [1.807, 2.05) is 50.2 Å². The number of anilines is 1. The van der Waals surface area contributed by atoms with E-state index in [1.54, 1.807) is 30.3 Å². The number of carbonyl (C=O) groups is 2. The van der Waals surface area contributed by atoms with Crippen molar-refractivity contribution < 1.29 is 19.1 Å². The summed E-state index contributed by atoms with van der Waals surface area (Å²) >= 11 is 2.44. The molecule has 1 saturated heterocycles. The van der Waals surface area contributed by atoms with Crippen LogP contribution in [0.1, 0.15) is 33.9 Å². The van der Waals surface area contributed by atoms with Gasteiger partial charge in [0.25, 0.3) is 5.78 Å². The average Bonchev–Trinajstić information content (AvgIpc) is 3.46. The van der Waals surface area contributed by atoms with E-state index in [1.165, 1.54) is 22.7 Å². The minimum absolute atomic E-state index is 0.00605. The molecule has 1 atom stereocenters. The van der Waals surface area contributed by atoms with Crippen molar-refractivity contribution in [2.75, 3.05) is 4.90 Å². The fourth-order valence-electron chi connectivity index (χ4n) is 4.07. The molecule has 5 rings (SSSR count). The van der Waals surface area contributed by atoms with E-state index in [2.05, 4.69) is 10.2 Å². The van der Waals surface area contributed by atoms with Crippen molar-refractivity contribution in [1.29, 1.82) is 0 Å². The van der Waals surface area contributed by atoms with Gasteiger partial charge < -0.3 is 5.11 Å². The highest BCUT2D eigenvalue weighted by Gasteiger charge is 2.48. The first kappa shape index (κ1) is 24.9. The van der Waals surface area contributed by atoms with Gasteiger partial charge in [-0.2, -0.15) is 0 Å². The molecule has 2 heterocycles. The largest absolute Gasteiger partial charge is 0.507 e. The van der Waals surface area contributed by atoms with E-state index >= 15 is 0 Å². The van der Waals surface area contributed by atoms with E-state index in [0.717, 1.165) is 22.5 Å². The summed E-state index contributed by atoms with van der Waals surface area (Å²) in [6.45, 7) is 3.86. The summed E-state index contributed by atoms with van der Waals surface area (Å²) < 4.78 is 14.5. The Kier molecular flexibility index (Phi) is 6.90. The van der Waals surface area contributed by atoms with Gasteiger partial charge in [-0.15, -0.1) is 10.2 Å². The quantitative estimate of drug-likeness (QED) is 0.105. The highest BCUT2D eigenvalue weighted by atomic mass is 32.2. The minimum Gasteiger partial charge on any atom is -0.507 e. The van der Waals surface area contributed by atoms with Crippen LogP contribution in [0.25, 0.3) is 5.76 Å². The van der Waals surface area contributed by atoms with Gasteiger partial charge in [0.1, 0.15) is 11.6 Å². The molecule has 186 valence electrons. The molecular formula is C28H22FN3O3S2. The number of carbonyl (C=O) groups excluding carboxylic acids is 2. The van der Waals surface area contributed by atoms with Crippen molar-refractivity contribution in [3.8, 4) is 0 Å². The summed E-state index contributed by atoms with van der Waals surface area (Å²) in [6.07, 6.45) is 0. The van der Waals surface area contributed by atoms with Gasteiger partial charge in [0.2, 0.25) is 5.13 Å². The van der Waals surface area contributed by atoms with Gasteiger partial charge in [0, 0.05) is 11.3 Å². The molecule has 0 bridgehead atoms. The topological polar surface area (TPSA) is 83.4 Å². The third-order valence-corrected chi connectivity index (χ3v) is 8.18. The number of benzene rings is 3. The number of hydrogen-bond acceptors (Lipinski definition) is 7. The number of ketones is 1. The first-order valence-electron chi connectivity index (χ1n) is 11.5. The molecule has 1 aliphatic rings. The zero-order chi connectivity index (χ0) is 26.1. The molecule has 3 aromatic carbocycles. The Balaban J connectivity index is 1.54. The van der Waals surface area contributed by atoms with E-state index in [-0.39, 0.29) is 22.3 Å². The average molecular weight is 532 g/mol. The molecule has 9 heteroatoms. The van der Waals surface area contributed by atoms with Crippen molar-refractivity contribution >= 4 is 45.7 Å². The number of rotatable bonds is 6.